The first-order valence-corrected chi connectivity index (χ1v) is 13.0. The van der Waals surface area contributed by atoms with E-state index in [0.29, 0.717) is 49.2 Å². The van der Waals surface area contributed by atoms with Crippen molar-refractivity contribution < 1.29 is 28.5 Å². The molecular formula is C26H23BrN2O7S. The molecule has 11 heteroatoms. The minimum absolute atomic E-state index is 0.112. The summed E-state index contributed by atoms with van der Waals surface area (Å²) < 4.78 is 29.8. The number of halogens is 1. The lowest BCUT2D eigenvalue weighted by atomic mass is 9.95. The molecule has 0 spiro atoms. The topological polar surface area (TPSA) is 97.6 Å². The van der Waals surface area contributed by atoms with Crippen molar-refractivity contribution in [1.29, 1.82) is 0 Å². The van der Waals surface area contributed by atoms with Crippen LogP contribution in [0.2, 0.25) is 0 Å². The molecule has 2 aliphatic heterocycles. The fourth-order valence-electron chi connectivity index (χ4n) is 4.31. The normalized spacial score (nSPS) is 16.4. The van der Waals surface area contributed by atoms with E-state index >= 15 is 0 Å². The molecule has 5 rings (SSSR count). The molecule has 0 fully saturated rings. The van der Waals surface area contributed by atoms with Gasteiger partial charge in [0.25, 0.3) is 5.56 Å². The summed E-state index contributed by atoms with van der Waals surface area (Å²) in [6.45, 7) is 3.79. The Morgan fingerprint density at radius 2 is 1.92 bits per heavy atom. The van der Waals surface area contributed by atoms with Gasteiger partial charge >= 0.3 is 5.97 Å². The number of hydrogen-bond donors (Lipinski definition) is 0. The second-order valence-electron chi connectivity index (χ2n) is 8.14. The van der Waals surface area contributed by atoms with Crippen molar-refractivity contribution in [3.05, 3.63) is 76.9 Å². The quantitative estimate of drug-likeness (QED) is 0.409. The molecule has 2 aliphatic rings. The number of carbonyl (C=O) groups excluding carboxylic acids is 1. The molecule has 3 aromatic rings. The third-order valence-electron chi connectivity index (χ3n) is 6.02. The highest BCUT2D eigenvalue weighted by molar-refractivity contribution is 9.10. The van der Waals surface area contributed by atoms with Gasteiger partial charge in [-0.05, 0) is 55.3 Å². The minimum Gasteiger partial charge on any atom is -0.493 e. The van der Waals surface area contributed by atoms with Crippen LogP contribution < -0.4 is 33.8 Å². The van der Waals surface area contributed by atoms with Gasteiger partial charge < -0.3 is 23.7 Å². The Morgan fingerprint density at radius 1 is 1.19 bits per heavy atom. The van der Waals surface area contributed by atoms with Gasteiger partial charge in [0.05, 0.1) is 42.7 Å². The smallest absolute Gasteiger partial charge is 0.338 e. The summed E-state index contributed by atoms with van der Waals surface area (Å²) in [5, 5.41) is 0. The van der Waals surface area contributed by atoms with Gasteiger partial charge in [-0.15, -0.1) is 0 Å². The molecule has 1 aromatic heterocycles. The van der Waals surface area contributed by atoms with E-state index in [1.165, 1.54) is 15.9 Å². The Morgan fingerprint density at radius 3 is 2.65 bits per heavy atom. The first kappa shape index (κ1) is 25.1. The van der Waals surface area contributed by atoms with Crippen LogP contribution in [0.4, 0.5) is 0 Å². The van der Waals surface area contributed by atoms with Crippen molar-refractivity contribution in [1.82, 2.24) is 4.57 Å². The fraction of sp³-hybridized carbons (Fsp3) is 0.269. The van der Waals surface area contributed by atoms with Crippen LogP contribution in [0, 0.1) is 0 Å². The summed E-state index contributed by atoms with van der Waals surface area (Å²) in [7, 11) is 3.11. The van der Waals surface area contributed by atoms with Gasteiger partial charge in [-0.2, -0.15) is 0 Å². The number of fused-ring (bicyclic) bond motifs is 2. The molecular weight excluding hydrogens is 564 g/mol. The number of carbonyl (C=O) groups is 1. The maximum atomic E-state index is 13.8. The van der Waals surface area contributed by atoms with Gasteiger partial charge in [0.2, 0.25) is 6.79 Å². The number of ether oxygens (including phenoxy) is 5. The third kappa shape index (κ3) is 4.42. The first-order chi connectivity index (χ1) is 17.9. The standard InChI is InChI=1S/C26H23BrN2O7S/c1-5-34-25(31)22-13(2)28-26-29(23(22)14-6-7-17-20(8-14)36-12-35-17)24(30)21(37-26)10-15-9-18(32-3)19(33-4)11-16(15)27/h6-11,23H,5,12H2,1-4H3. The highest BCUT2D eigenvalue weighted by Crippen LogP contribution is 2.38. The second kappa shape index (κ2) is 10.1. The lowest BCUT2D eigenvalue weighted by Crippen LogP contribution is -2.39. The molecule has 2 aromatic carbocycles. The summed E-state index contributed by atoms with van der Waals surface area (Å²) in [5.41, 5.74) is 1.90. The average Bonchev–Trinajstić information content (AvgIpc) is 3.47. The van der Waals surface area contributed by atoms with Crippen molar-refractivity contribution >= 4 is 39.3 Å². The zero-order valence-corrected chi connectivity index (χ0v) is 22.9. The lowest BCUT2D eigenvalue weighted by Gasteiger charge is -2.24. The van der Waals surface area contributed by atoms with Crippen LogP contribution in [0.5, 0.6) is 23.0 Å². The molecule has 0 saturated heterocycles. The number of allylic oxidation sites excluding steroid dienone is 1. The van der Waals surface area contributed by atoms with Crippen LogP contribution >= 0.6 is 27.3 Å². The number of benzene rings is 2. The lowest BCUT2D eigenvalue weighted by molar-refractivity contribution is -0.139. The third-order valence-corrected chi connectivity index (χ3v) is 7.69. The second-order valence-corrected chi connectivity index (χ2v) is 10.0. The number of aromatic nitrogens is 1. The van der Waals surface area contributed by atoms with E-state index < -0.39 is 12.0 Å². The van der Waals surface area contributed by atoms with Gasteiger partial charge in [-0.1, -0.05) is 33.3 Å². The maximum absolute atomic E-state index is 13.8. The number of rotatable bonds is 6. The molecule has 1 unspecified atom stereocenters. The number of thiazole rings is 1. The molecule has 37 heavy (non-hydrogen) atoms. The highest BCUT2D eigenvalue weighted by Gasteiger charge is 2.34. The minimum atomic E-state index is -0.749. The Balaban J connectivity index is 1.72. The van der Waals surface area contributed by atoms with E-state index in [4.69, 9.17) is 23.7 Å². The van der Waals surface area contributed by atoms with Gasteiger partial charge in [-0.25, -0.2) is 9.79 Å². The van der Waals surface area contributed by atoms with Crippen molar-refractivity contribution in [2.24, 2.45) is 4.99 Å². The summed E-state index contributed by atoms with van der Waals surface area (Å²) >= 11 is 4.78. The van der Waals surface area contributed by atoms with Crippen LogP contribution in [0.1, 0.15) is 31.0 Å². The van der Waals surface area contributed by atoms with Gasteiger partial charge in [0.15, 0.2) is 27.8 Å². The molecule has 0 aliphatic carbocycles. The summed E-state index contributed by atoms with van der Waals surface area (Å²) in [4.78, 5) is 32.0. The SMILES string of the molecule is CCOC(=O)C1=C(C)N=c2sc(=Cc3cc(OC)c(OC)cc3Br)c(=O)n2C1c1ccc2c(c1)OCO2. The predicted octanol–water partition coefficient (Wildman–Crippen LogP) is 3.31. The van der Waals surface area contributed by atoms with E-state index in [1.807, 2.05) is 6.07 Å². The van der Waals surface area contributed by atoms with Crippen LogP contribution in [-0.4, -0.2) is 38.2 Å². The van der Waals surface area contributed by atoms with E-state index in [9.17, 15) is 9.59 Å². The molecule has 3 heterocycles. The predicted molar refractivity (Wildman–Crippen MR) is 140 cm³/mol. The molecule has 1 atom stereocenters. The Bertz CT molecular complexity index is 1620. The monoisotopic (exact) mass is 586 g/mol. The fourth-order valence-corrected chi connectivity index (χ4v) is 5.79. The van der Waals surface area contributed by atoms with Crippen molar-refractivity contribution in [2.75, 3.05) is 27.6 Å². The van der Waals surface area contributed by atoms with Crippen molar-refractivity contribution in [2.45, 2.75) is 19.9 Å². The zero-order chi connectivity index (χ0) is 26.3. The molecule has 0 amide bonds. The van der Waals surface area contributed by atoms with Crippen molar-refractivity contribution in [3.63, 3.8) is 0 Å². The zero-order valence-electron chi connectivity index (χ0n) is 20.5. The van der Waals surface area contributed by atoms with Crippen LogP contribution in [-0.2, 0) is 9.53 Å². The first-order valence-electron chi connectivity index (χ1n) is 11.4. The summed E-state index contributed by atoms with van der Waals surface area (Å²) in [6, 6.07) is 8.18. The molecule has 9 nitrogen and oxygen atoms in total. The molecule has 0 N–H and O–H groups in total. The Kier molecular flexibility index (Phi) is 6.82. The van der Waals surface area contributed by atoms with E-state index in [-0.39, 0.29) is 19.0 Å². The van der Waals surface area contributed by atoms with E-state index in [0.717, 1.165) is 10.0 Å². The van der Waals surface area contributed by atoms with Crippen LogP contribution in [0.3, 0.4) is 0 Å². The number of nitrogens with zero attached hydrogens (tertiary/aromatic N) is 2. The number of esters is 1. The van der Waals surface area contributed by atoms with Crippen molar-refractivity contribution in [3.8, 4) is 23.0 Å². The van der Waals surface area contributed by atoms with E-state index in [1.54, 1.807) is 58.4 Å². The highest BCUT2D eigenvalue weighted by atomic mass is 79.9. The summed E-state index contributed by atoms with van der Waals surface area (Å²) in [6.07, 6.45) is 1.76. The molecule has 0 radical (unpaired) electrons. The number of methoxy groups -OCH3 is 2. The van der Waals surface area contributed by atoms with E-state index in [2.05, 4.69) is 20.9 Å². The average molecular weight is 587 g/mol. The van der Waals surface area contributed by atoms with Gasteiger partial charge in [-0.3, -0.25) is 9.36 Å². The van der Waals surface area contributed by atoms with Gasteiger partial charge in [0, 0.05) is 4.47 Å². The Labute approximate surface area is 224 Å². The van der Waals surface area contributed by atoms with Gasteiger partial charge in [0.1, 0.15) is 0 Å². The molecule has 0 saturated carbocycles. The Hall–Kier alpha value is -3.57. The maximum Gasteiger partial charge on any atom is 0.338 e. The summed E-state index contributed by atoms with van der Waals surface area (Å²) in [5.74, 6) is 1.72. The number of hydrogen-bond acceptors (Lipinski definition) is 9. The molecule has 192 valence electrons. The van der Waals surface area contributed by atoms with Crippen LogP contribution in [0.25, 0.3) is 6.08 Å². The molecule has 0 bridgehead atoms. The largest absolute Gasteiger partial charge is 0.493 e. The van der Waals surface area contributed by atoms with Crippen LogP contribution in [0.15, 0.2) is 55.9 Å².